The summed E-state index contributed by atoms with van der Waals surface area (Å²) in [5.74, 6) is 1.32. The largest absolute Gasteiger partial charge is 0.378 e. The molecule has 2 N–H and O–H groups in total. The van der Waals surface area contributed by atoms with Crippen molar-refractivity contribution in [1.82, 2.24) is 9.97 Å². The van der Waals surface area contributed by atoms with Gasteiger partial charge in [-0.1, -0.05) is 18.2 Å². The zero-order chi connectivity index (χ0) is 18.6. The van der Waals surface area contributed by atoms with E-state index >= 15 is 0 Å². The highest BCUT2D eigenvalue weighted by Gasteiger charge is 2.17. The Labute approximate surface area is 169 Å². The topological polar surface area (TPSA) is 79.4 Å². The number of nitrogens with zero attached hydrogens (tertiary/aromatic N) is 3. The first-order chi connectivity index (χ1) is 13.2. The number of ether oxygens (including phenoxy) is 1. The second-order valence-electron chi connectivity index (χ2n) is 6.37. The molecule has 0 spiro atoms. The Balaban J connectivity index is 0.00000225. The van der Waals surface area contributed by atoms with E-state index in [1.54, 1.807) is 0 Å². The fraction of sp³-hybridized carbons (Fsp3) is 0.250. The maximum atomic E-state index is 11.3. The molecule has 0 unspecified atom stereocenters. The second kappa shape index (κ2) is 8.86. The van der Waals surface area contributed by atoms with E-state index in [4.69, 9.17) is 9.72 Å². The Morgan fingerprint density at radius 1 is 1.04 bits per heavy atom. The van der Waals surface area contributed by atoms with E-state index < -0.39 is 0 Å². The second-order valence-corrected chi connectivity index (χ2v) is 6.37. The van der Waals surface area contributed by atoms with Gasteiger partial charge in [0.2, 0.25) is 11.9 Å². The van der Waals surface area contributed by atoms with Crippen molar-refractivity contribution in [3.63, 3.8) is 0 Å². The fourth-order valence-electron chi connectivity index (χ4n) is 3.14. The smallest absolute Gasteiger partial charge is 0.229 e. The number of carbonyl (C=O) groups is 1. The number of morpholine rings is 1. The summed E-state index contributed by atoms with van der Waals surface area (Å²) in [7, 11) is 0. The van der Waals surface area contributed by atoms with Crippen LogP contribution in [0.2, 0.25) is 0 Å². The predicted molar refractivity (Wildman–Crippen MR) is 114 cm³/mol. The van der Waals surface area contributed by atoms with Crippen LogP contribution < -0.4 is 15.5 Å². The molecule has 0 saturated carbocycles. The summed E-state index contributed by atoms with van der Waals surface area (Å²) in [6, 6.07) is 15.5. The van der Waals surface area contributed by atoms with Crippen molar-refractivity contribution in [2.75, 3.05) is 41.8 Å². The number of carbonyl (C=O) groups excluding carboxylic acids is 1. The first kappa shape index (κ1) is 19.9. The molecule has 1 fully saturated rings. The van der Waals surface area contributed by atoms with Gasteiger partial charge in [0.1, 0.15) is 5.82 Å². The minimum absolute atomic E-state index is 0. The summed E-state index contributed by atoms with van der Waals surface area (Å²) in [6.07, 6.45) is 0. The number of benzene rings is 2. The van der Waals surface area contributed by atoms with Crippen molar-refractivity contribution in [3.05, 3.63) is 48.5 Å². The Morgan fingerprint density at radius 3 is 2.57 bits per heavy atom. The van der Waals surface area contributed by atoms with Crippen LogP contribution in [-0.4, -0.2) is 42.2 Å². The van der Waals surface area contributed by atoms with Crippen molar-refractivity contribution < 1.29 is 9.53 Å². The van der Waals surface area contributed by atoms with Gasteiger partial charge in [0.05, 0.1) is 18.7 Å². The molecule has 1 saturated heterocycles. The SMILES string of the molecule is CC(=O)Nc1cccc(Nc2nc(N3CCOCC3)c3ccccc3n2)c1.Cl. The van der Waals surface area contributed by atoms with E-state index in [0.717, 1.165) is 41.2 Å². The lowest BCUT2D eigenvalue weighted by Crippen LogP contribution is -2.37. The van der Waals surface area contributed by atoms with Crippen LogP contribution in [0.1, 0.15) is 6.92 Å². The Morgan fingerprint density at radius 2 is 1.79 bits per heavy atom. The molecule has 7 nitrogen and oxygen atoms in total. The third-order valence-corrected chi connectivity index (χ3v) is 4.33. The summed E-state index contributed by atoms with van der Waals surface area (Å²) in [5, 5.41) is 7.06. The summed E-state index contributed by atoms with van der Waals surface area (Å²) in [5.41, 5.74) is 2.42. The number of halogens is 1. The van der Waals surface area contributed by atoms with Crippen LogP contribution in [0.3, 0.4) is 0 Å². The molecule has 1 aliphatic heterocycles. The lowest BCUT2D eigenvalue weighted by Gasteiger charge is -2.29. The third-order valence-electron chi connectivity index (χ3n) is 4.33. The van der Waals surface area contributed by atoms with Gasteiger partial charge in [-0.25, -0.2) is 4.98 Å². The zero-order valence-electron chi connectivity index (χ0n) is 15.5. The van der Waals surface area contributed by atoms with E-state index in [-0.39, 0.29) is 18.3 Å². The monoisotopic (exact) mass is 399 g/mol. The van der Waals surface area contributed by atoms with E-state index in [9.17, 15) is 4.79 Å². The first-order valence-electron chi connectivity index (χ1n) is 8.93. The van der Waals surface area contributed by atoms with Crippen LogP contribution in [0.5, 0.6) is 0 Å². The summed E-state index contributed by atoms with van der Waals surface area (Å²) in [6.45, 7) is 4.48. The van der Waals surface area contributed by atoms with Gasteiger partial charge in [0.15, 0.2) is 0 Å². The molecule has 0 atom stereocenters. The number of para-hydroxylation sites is 1. The van der Waals surface area contributed by atoms with Crippen molar-refractivity contribution >= 4 is 52.4 Å². The van der Waals surface area contributed by atoms with E-state index in [2.05, 4.69) is 20.5 Å². The molecule has 2 heterocycles. The average Bonchev–Trinajstić information content (AvgIpc) is 2.68. The lowest BCUT2D eigenvalue weighted by molar-refractivity contribution is -0.114. The van der Waals surface area contributed by atoms with Crippen LogP contribution >= 0.6 is 12.4 Å². The molecule has 8 heteroatoms. The molecular weight excluding hydrogens is 378 g/mol. The minimum atomic E-state index is -0.108. The van der Waals surface area contributed by atoms with Gasteiger partial charge in [-0.2, -0.15) is 4.98 Å². The summed E-state index contributed by atoms with van der Waals surface area (Å²) < 4.78 is 5.47. The van der Waals surface area contributed by atoms with Gasteiger partial charge in [-0.15, -0.1) is 12.4 Å². The summed E-state index contributed by atoms with van der Waals surface area (Å²) >= 11 is 0. The highest BCUT2D eigenvalue weighted by Crippen LogP contribution is 2.27. The number of hydrogen-bond acceptors (Lipinski definition) is 6. The Kier molecular flexibility index (Phi) is 6.28. The molecule has 2 aromatic carbocycles. The number of hydrogen-bond donors (Lipinski definition) is 2. The van der Waals surface area contributed by atoms with Crippen molar-refractivity contribution in [3.8, 4) is 0 Å². The Bertz CT molecular complexity index is 976. The molecule has 1 amide bonds. The predicted octanol–water partition coefficient (Wildman–Crippen LogP) is 3.59. The zero-order valence-corrected chi connectivity index (χ0v) is 16.3. The fourth-order valence-corrected chi connectivity index (χ4v) is 3.14. The van der Waals surface area contributed by atoms with Crippen molar-refractivity contribution in [2.24, 2.45) is 0 Å². The van der Waals surface area contributed by atoms with Crippen LogP contribution in [-0.2, 0) is 9.53 Å². The van der Waals surface area contributed by atoms with E-state index in [1.165, 1.54) is 6.92 Å². The average molecular weight is 400 g/mol. The van der Waals surface area contributed by atoms with Gasteiger partial charge < -0.3 is 20.3 Å². The molecule has 0 bridgehead atoms. The number of nitrogens with one attached hydrogen (secondary N) is 2. The number of aromatic nitrogens is 2. The van der Waals surface area contributed by atoms with Gasteiger partial charge in [-0.3, -0.25) is 4.79 Å². The van der Waals surface area contributed by atoms with Crippen LogP contribution in [0, 0.1) is 0 Å². The van der Waals surface area contributed by atoms with Crippen molar-refractivity contribution in [2.45, 2.75) is 6.92 Å². The van der Waals surface area contributed by atoms with Crippen LogP contribution in [0.4, 0.5) is 23.1 Å². The molecule has 0 radical (unpaired) electrons. The molecule has 146 valence electrons. The van der Waals surface area contributed by atoms with Crippen molar-refractivity contribution in [1.29, 1.82) is 0 Å². The number of rotatable bonds is 4. The number of anilines is 4. The third kappa shape index (κ3) is 4.49. The normalized spacial score (nSPS) is 13.7. The van der Waals surface area contributed by atoms with E-state index in [1.807, 2.05) is 48.5 Å². The molecule has 1 aliphatic rings. The van der Waals surface area contributed by atoms with Gasteiger partial charge in [-0.05, 0) is 30.3 Å². The maximum absolute atomic E-state index is 11.3. The van der Waals surface area contributed by atoms with E-state index in [0.29, 0.717) is 19.2 Å². The van der Waals surface area contributed by atoms with Gasteiger partial charge >= 0.3 is 0 Å². The minimum Gasteiger partial charge on any atom is -0.378 e. The highest BCUT2D eigenvalue weighted by molar-refractivity contribution is 5.91. The first-order valence-corrected chi connectivity index (χ1v) is 8.93. The Hall–Kier alpha value is -2.90. The molecule has 4 rings (SSSR count). The molecular formula is C20H22ClN5O2. The van der Waals surface area contributed by atoms with Crippen LogP contribution in [0.15, 0.2) is 48.5 Å². The maximum Gasteiger partial charge on any atom is 0.229 e. The molecule has 28 heavy (non-hydrogen) atoms. The molecule has 0 aliphatic carbocycles. The van der Waals surface area contributed by atoms with Gasteiger partial charge in [0.25, 0.3) is 0 Å². The highest BCUT2D eigenvalue weighted by atomic mass is 35.5. The van der Waals surface area contributed by atoms with Gasteiger partial charge in [0, 0.05) is 36.8 Å². The molecule has 3 aromatic rings. The molecule has 1 aromatic heterocycles. The quantitative estimate of drug-likeness (QED) is 0.698. The standard InChI is InChI=1S/C20H21N5O2.ClH/c1-14(26)21-15-5-4-6-16(13-15)22-20-23-18-8-3-2-7-17(18)19(24-20)25-9-11-27-12-10-25;/h2-8,13H,9-12H2,1H3,(H,21,26)(H,22,23,24);1H. The lowest BCUT2D eigenvalue weighted by atomic mass is 10.2. The number of fused-ring (bicyclic) bond motifs is 1. The number of amides is 1. The van der Waals surface area contributed by atoms with Crippen LogP contribution in [0.25, 0.3) is 10.9 Å². The summed E-state index contributed by atoms with van der Waals surface area (Å²) in [4.78, 5) is 22.9.